The molecule has 2 N–H and O–H groups in total. The molecule has 2 aromatic heterocycles. The van der Waals surface area contributed by atoms with Gasteiger partial charge in [0.25, 0.3) is 15.9 Å². The highest BCUT2D eigenvalue weighted by atomic mass is 32.2. The zero-order valence-electron chi connectivity index (χ0n) is 21.5. The molecule has 1 aliphatic carbocycles. The van der Waals surface area contributed by atoms with Crippen molar-refractivity contribution in [2.75, 3.05) is 10.0 Å². The van der Waals surface area contributed by atoms with Gasteiger partial charge in [0.05, 0.1) is 15.1 Å². The standard InChI is InChI=1S/C30H27N3O3S3/c1-18-10-13-22(14-11-18)39(35,36)33-21-7-5-6-20(17-21)28(34)32-30-27(23-15-12-19(2)16-26(23)38-30)29-31-24-8-3-4-9-25(24)37-29/h3-11,13-14,17,19,33H,12,15-16H2,1-2H3,(H,32,34). The molecule has 0 saturated carbocycles. The van der Waals surface area contributed by atoms with Gasteiger partial charge in [-0.05, 0) is 80.1 Å². The fourth-order valence-electron chi connectivity index (χ4n) is 4.87. The number of nitrogens with zero attached hydrogens (tertiary/aromatic N) is 1. The van der Waals surface area contributed by atoms with Crippen LogP contribution in [0, 0.1) is 12.8 Å². The lowest BCUT2D eigenvalue weighted by Gasteiger charge is -2.18. The van der Waals surface area contributed by atoms with Crippen molar-refractivity contribution < 1.29 is 13.2 Å². The van der Waals surface area contributed by atoms with E-state index in [1.54, 1.807) is 71.2 Å². The van der Waals surface area contributed by atoms with Gasteiger partial charge in [0.15, 0.2) is 0 Å². The molecule has 1 atom stereocenters. The van der Waals surface area contributed by atoms with Gasteiger partial charge in [-0.3, -0.25) is 9.52 Å². The highest BCUT2D eigenvalue weighted by molar-refractivity contribution is 7.92. The first-order valence-electron chi connectivity index (χ1n) is 12.8. The van der Waals surface area contributed by atoms with E-state index in [4.69, 9.17) is 4.98 Å². The lowest BCUT2D eigenvalue weighted by atomic mass is 9.88. The molecule has 6 nitrogen and oxygen atoms in total. The highest BCUT2D eigenvalue weighted by Crippen LogP contribution is 2.47. The number of hydrogen-bond donors (Lipinski definition) is 2. The summed E-state index contributed by atoms with van der Waals surface area (Å²) in [6.45, 7) is 4.17. The third-order valence-electron chi connectivity index (χ3n) is 6.95. The van der Waals surface area contributed by atoms with Crippen molar-refractivity contribution in [3.05, 3.63) is 94.4 Å². The third kappa shape index (κ3) is 5.22. The summed E-state index contributed by atoms with van der Waals surface area (Å²) in [5.74, 6) is 0.307. The van der Waals surface area contributed by atoms with Gasteiger partial charge < -0.3 is 5.32 Å². The second-order valence-electron chi connectivity index (χ2n) is 10.00. The monoisotopic (exact) mass is 573 g/mol. The Bertz CT molecular complexity index is 1770. The molecule has 0 spiro atoms. The summed E-state index contributed by atoms with van der Waals surface area (Å²) in [5, 5.41) is 4.85. The molecular weight excluding hydrogens is 547 g/mol. The van der Waals surface area contributed by atoms with Gasteiger partial charge >= 0.3 is 0 Å². The van der Waals surface area contributed by atoms with Crippen LogP contribution in [0.4, 0.5) is 10.7 Å². The van der Waals surface area contributed by atoms with Gasteiger partial charge in [-0.15, -0.1) is 22.7 Å². The Labute approximate surface area is 235 Å². The zero-order chi connectivity index (χ0) is 27.1. The number of anilines is 2. The smallest absolute Gasteiger partial charge is 0.261 e. The lowest BCUT2D eigenvalue weighted by Crippen LogP contribution is -2.15. The summed E-state index contributed by atoms with van der Waals surface area (Å²) < 4.78 is 29.5. The Hall–Kier alpha value is -3.53. The molecule has 1 unspecified atom stereocenters. The number of aromatic nitrogens is 1. The van der Waals surface area contributed by atoms with Crippen molar-refractivity contribution in [2.45, 2.75) is 38.0 Å². The Balaban J connectivity index is 1.31. The number of para-hydroxylation sites is 1. The molecule has 1 amide bonds. The number of thiazole rings is 1. The number of rotatable bonds is 6. The number of fused-ring (bicyclic) bond motifs is 2. The second-order valence-corrected chi connectivity index (χ2v) is 13.8. The van der Waals surface area contributed by atoms with Crippen LogP contribution in [-0.2, 0) is 22.9 Å². The summed E-state index contributed by atoms with van der Waals surface area (Å²) >= 11 is 3.27. The molecule has 198 valence electrons. The molecule has 39 heavy (non-hydrogen) atoms. The molecule has 9 heteroatoms. The van der Waals surface area contributed by atoms with Gasteiger partial charge in [0.1, 0.15) is 10.0 Å². The molecule has 0 radical (unpaired) electrons. The number of hydrogen-bond acceptors (Lipinski definition) is 6. The third-order valence-corrected chi connectivity index (χ3v) is 10.6. The van der Waals surface area contributed by atoms with Gasteiger partial charge in [0, 0.05) is 21.7 Å². The van der Waals surface area contributed by atoms with E-state index < -0.39 is 10.0 Å². The van der Waals surface area contributed by atoms with E-state index >= 15 is 0 Å². The highest BCUT2D eigenvalue weighted by Gasteiger charge is 2.27. The number of carbonyl (C=O) groups excluding carboxylic acids is 1. The molecule has 2 heterocycles. The number of thiophene rings is 1. The predicted molar refractivity (Wildman–Crippen MR) is 161 cm³/mol. The van der Waals surface area contributed by atoms with Crippen molar-refractivity contribution in [3.8, 4) is 10.6 Å². The quantitative estimate of drug-likeness (QED) is 0.220. The average molecular weight is 574 g/mol. The molecule has 5 aromatic rings. The van der Waals surface area contributed by atoms with Crippen molar-refractivity contribution in [1.29, 1.82) is 0 Å². The van der Waals surface area contributed by atoms with Crippen molar-refractivity contribution in [2.24, 2.45) is 5.92 Å². The lowest BCUT2D eigenvalue weighted by molar-refractivity contribution is 0.102. The SMILES string of the molecule is Cc1ccc(S(=O)(=O)Nc2cccc(C(=O)Nc3sc4c(c3-c3nc5ccccc5s3)CCC(C)C4)c2)cc1. The summed E-state index contributed by atoms with van der Waals surface area (Å²) in [6, 6.07) is 21.3. The maximum Gasteiger partial charge on any atom is 0.261 e. The number of sulfonamides is 1. The minimum Gasteiger partial charge on any atom is -0.313 e. The first kappa shape index (κ1) is 25.7. The van der Waals surface area contributed by atoms with Crippen LogP contribution >= 0.6 is 22.7 Å². The minimum atomic E-state index is -3.78. The summed E-state index contributed by atoms with van der Waals surface area (Å²) in [6.07, 6.45) is 3.06. The Kier molecular flexibility index (Phi) is 6.74. The molecular formula is C30H27N3O3S3. The van der Waals surface area contributed by atoms with Gasteiger partial charge in [0.2, 0.25) is 0 Å². The summed E-state index contributed by atoms with van der Waals surface area (Å²) in [7, 11) is -3.78. The number of carbonyl (C=O) groups is 1. The Morgan fingerprint density at radius 2 is 1.79 bits per heavy atom. The maximum absolute atomic E-state index is 13.5. The summed E-state index contributed by atoms with van der Waals surface area (Å²) in [5.41, 5.74) is 4.93. The largest absolute Gasteiger partial charge is 0.313 e. The maximum atomic E-state index is 13.5. The van der Waals surface area contributed by atoms with Crippen LogP contribution in [0.25, 0.3) is 20.8 Å². The van der Waals surface area contributed by atoms with E-state index in [2.05, 4.69) is 23.0 Å². The normalized spacial score (nSPS) is 15.2. The molecule has 0 aliphatic heterocycles. The van der Waals surface area contributed by atoms with E-state index in [9.17, 15) is 13.2 Å². The number of aryl methyl sites for hydroxylation is 1. The molecule has 0 fully saturated rings. The van der Waals surface area contributed by atoms with Gasteiger partial charge in [-0.2, -0.15) is 0 Å². The predicted octanol–water partition coefficient (Wildman–Crippen LogP) is 7.51. The van der Waals surface area contributed by atoms with Gasteiger partial charge in [-0.25, -0.2) is 13.4 Å². The first-order chi connectivity index (χ1) is 18.8. The van der Waals surface area contributed by atoms with E-state index in [1.807, 2.05) is 25.1 Å². The molecule has 0 bridgehead atoms. The first-order valence-corrected chi connectivity index (χ1v) is 15.9. The van der Waals surface area contributed by atoms with Crippen molar-refractivity contribution in [1.82, 2.24) is 4.98 Å². The van der Waals surface area contributed by atoms with Crippen molar-refractivity contribution >= 4 is 59.5 Å². The van der Waals surface area contributed by atoms with Crippen LogP contribution in [0.15, 0.2) is 77.7 Å². The number of benzene rings is 3. The average Bonchev–Trinajstić information content (AvgIpc) is 3.49. The zero-order valence-corrected chi connectivity index (χ0v) is 24.0. The Morgan fingerprint density at radius 3 is 2.59 bits per heavy atom. The van der Waals surface area contributed by atoms with E-state index in [-0.39, 0.29) is 10.8 Å². The molecule has 1 aliphatic rings. The molecule has 0 saturated heterocycles. The number of amides is 1. The number of nitrogens with one attached hydrogen (secondary N) is 2. The van der Waals surface area contributed by atoms with Crippen molar-refractivity contribution in [3.63, 3.8) is 0 Å². The van der Waals surface area contributed by atoms with E-state index in [0.29, 0.717) is 17.2 Å². The minimum absolute atomic E-state index is 0.168. The Morgan fingerprint density at radius 1 is 1.00 bits per heavy atom. The van der Waals surface area contributed by atoms with Crippen LogP contribution in [0.5, 0.6) is 0 Å². The second kappa shape index (κ2) is 10.2. The van der Waals surface area contributed by atoms with Crippen LogP contribution < -0.4 is 10.0 Å². The summed E-state index contributed by atoms with van der Waals surface area (Å²) in [4.78, 5) is 19.9. The fourth-order valence-corrected chi connectivity index (χ4v) is 8.44. The van der Waals surface area contributed by atoms with Crippen LogP contribution in [0.1, 0.15) is 39.7 Å². The van der Waals surface area contributed by atoms with Gasteiger partial charge in [-0.1, -0.05) is 42.8 Å². The van der Waals surface area contributed by atoms with E-state index in [1.165, 1.54) is 10.4 Å². The topological polar surface area (TPSA) is 88.2 Å². The fraction of sp³-hybridized carbons (Fsp3) is 0.200. The molecule has 3 aromatic carbocycles. The van der Waals surface area contributed by atoms with Crippen LogP contribution in [0.2, 0.25) is 0 Å². The van der Waals surface area contributed by atoms with Crippen LogP contribution in [0.3, 0.4) is 0 Å². The van der Waals surface area contributed by atoms with Crippen LogP contribution in [-0.4, -0.2) is 19.3 Å². The molecule has 6 rings (SSSR count). The van der Waals surface area contributed by atoms with E-state index in [0.717, 1.165) is 50.6 Å².